The van der Waals surface area contributed by atoms with E-state index in [-0.39, 0.29) is 0 Å². The first-order chi connectivity index (χ1) is 9.60. The van der Waals surface area contributed by atoms with Gasteiger partial charge >= 0.3 is 0 Å². The molecule has 0 amide bonds. The fourth-order valence-electron chi connectivity index (χ4n) is 1.99. The predicted octanol–water partition coefficient (Wildman–Crippen LogP) is 4.89. The van der Waals surface area contributed by atoms with Crippen LogP contribution in [0.3, 0.4) is 0 Å². The van der Waals surface area contributed by atoms with Gasteiger partial charge in [0.05, 0.1) is 12.7 Å². The van der Waals surface area contributed by atoms with Crippen molar-refractivity contribution in [1.29, 1.82) is 0 Å². The van der Waals surface area contributed by atoms with Gasteiger partial charge in [-0.2, -0.15) is 0 Å². The lowest BCUT2D eigenvalue weighted by molar-refractivity contribution is 0.177. The van der Waals surface area contributed by atoms with Gasteiger partial charge in [-0.05, 0) is 42.3 Å². The molecule has 4 heteroatoms. The van der Waals surface area contributed by atoms with Gasteiger partial charge in [0.15, 0.2) is 0 Å². The van der Waals surface area contributed by atoms with Crippen molar-refractivity contribution < 1.29 is 9.84 Å². The molecule has 0 radical (unpaired) electrons. The Balaban J connectivity index is 2.12. The van der Waals surface area contributed by atoms with Crippen LogP contribution in [-0.2, 0) is 6.42 Å². The maximum atomic E-state index is 10.4. The lowest BCUT2D eigenvalue weighted by atomic mass is 10.0. The molecule has 0 spiro atoms. The summed E-state index contributed by atoms with van der Waals surface area (Å²) in [5, 5.41) is 10.4. The Hall–Kier alpha value is -0.840. The van der Waals surface area contributed by atoms with Crippen LogP contribution in [0.15, 0.2) is 51.4 Å². The van der Waals surface area contributed by atoms with Crippen molar-refractivity contribution in [2.24, 2.45) is 0 Å². The molecule has 0 bridgehead atoms. The van der Waals surface area contributed by atoms with E-state index in [9.17, 15) is 5.11 Å². The third-order valence-corrected chi connectivity index (χ3v) is 4.20. The summed E-state index contributed by atoms with van der Waals surface area (Å²) in [6.07, 6.45) is 0.0427. The first-order valence-corrected chi connectivity index (χ1v) is 8.03. The molecule has 106 valence electrons. The molecule has 2 rings (SSSR count). The van der Waals surface area contributed by atoms with Gasteiger partial charge in [-0.25, -0.2) is 0 Å². The zero-order valence-electron chi connectivity index (χ0n) is 11.1. The van der Waals surface area contributed by atoms with Crippen LogP contribution in [0, 0.1) is 0 Å². The number of hydrogen-bond acceptors (Lipinski definition) is 2. The number of halogens is 2. The Bertz CT molecular complexity index is 567. The van der Waals surface area contributed by atoms with E-state index < -0.39 is 6.10 Å². The van der Waals surface area contributed by atoms with Crippen molar-refractivity contribution >= 4 is 31.9 Å². The Kier molecular flexibility index (Phi) is 5.64. The van der Waals surface area contributed by atoms with Gasteiger partial charge in [-0.15, -0.1) is 0 Å². The van der Waals surface area contributed by atoms with Crippen molar-refractivity contribution in [2.45, 2.75) is 19.4 Å². The summed E-state index contributed by atoms with van der Waals surface area (Å²) in [4.78, 5) is 0. The monoisotopic (exact) mass is 398 g/mol. The van der Waals surface area contributed by atoms with E-state index in [0.717, 1.165) is 25.8 Å². The van der Waals surface area contributed by atoms with E-state index in [1.165, 1.54) is 0 Å². The smallest absolute Gasteiger partial charge is 0.120 e. The molecule has 1 atom stereocenters. The minimum atomic E-state index is -0.541. The first-order valence-electron chi connectivity index (χ1n) is 6.45. The van der Waals surface area contributed by atoms with Gasteiger partial charge in [0, 0.05) is 15.4 Å². The van der Waals surface area contributed by atoms with Gasteiger partial charge in [-0.3, -0.25) is 0 Å². The fraction of sp³-hybridized carbons (Fsp3) is 0.250. The summed E-state index contributed by atoms with van der Waals surface area (Å²) >= 11 is 6.90. The number of aliphatic hydroxyl groups is 1. The maximum absolute atomic E-state index is 10.4. The van der Waals surface area contributed by atoms with E-state index in [4.69, 9.17) is 4.74 Å². The fourth-order valence-corrected chi connectivity index (χ4v) is 2.87. The average Bonchev–Trinajstić information content (AvgIpc) is 2.42. The average molecular weight is 400 g/mol. The second-order valence-electron chi connectivity index (χ2n) is 4.46. The Morgan fingerprint density at radius 2 is 1.80 bits per heavy atom. The highest BCUT2D eigenvalue weighted by Crippen LogP contribution is 2.29. The van der Waals surface area contributed by atoms with E-state index in [1.54, 1.807) is 0 Å². The Labute approximate surface area is 136 Å². The molecule has 0 aliphatic carbocycles. The molecule has 2 aromatic rings. The van der Waals surface area contributed by atoms with E-state index >= 15 is 0 Å². The lowest BCUT2D eigenvalue weighted by Gasteiger charge is -2.14. The molecule has 0 saturated heterocycles. The number of hydrogen-bond donors (Lipinski definition) is 1. The van der Waals surface area contributed by atoms with Crippen LogP contribution in [0.25, 0.3) is 0 Å². The van der Waals surface area contributed by atoms with E-state index in [0.29, 0.717) is 13.0 Å². The highest BCUT2D eigenvalue weighted by atomic mass is 79.9. The Morgan fingerprint density at radius 1 is 1.10 bits per heavy atom. The maximum Gasteiger partial charge on any atom is 0.120 e. The quantitative estimate of drug-likeness (QED) is 0.775. The predicted molar refractivity (Wildman–Crippen MR) is 88.1 cm³/mol. The molecular formula is C16H16Br2O2. The van der Waals surface area contributed by atoms with Crippen LogP contribution in [0.2, 0.25) is 0 Å². The molecule has 0 fully saturated rings. The molecular weight excluding hydrogens is 384 g/mol. The highest BCUT2D eigenvalue weighted by Gasteiger charge is 2.13. The van der Waals surface area contributed by atoms with E-state index in [1.807, 2.05) is 49.4 Å². The van der Waals surface area contributed by atoms with Gasteiger partial charge in [-0.1, -0.05) is 50.1 Å². The van der Waals surface area contributed by atoms with Crippen molar-refractivity contribution in [1.82, 2.24) is 0 Å². The summed E-state index contributed by atoms with van der Waals surface area (Å²) < 4.78 is 7.34. The zero-order valence-corrected chi connectivity index (χ0v) is 14.3. The van der Waals surface area contributed by atoms with Crippen LogP contribution in [0.4, 0.5) is 0 Å². The standard InChI is InChI=1S/C16H16Br2O2/c1-2-20-13-7-8-14(15(18)10-13)16(19)9-11-3-5-12(17)6-4-11/h3-8,10,16,19H,2,9H2,1H3. The molecule has 0 aliphatic rings. The number of benzene rings is 2. The minimum absolute atomic E-state index is 0.541. The van der Waals surface area contributed by atoms with Crippen molar-refractivity contribution in [3.05, 3.63) is 62.5 Å². The van der Waals surface area contributed by atoms with Crippen LogP contribution >= 0.6 is 31.9 Å². The highest BCUT2D eigenvalue weighted by molar-refractivity contribution is 9.10. The molecule has 1 N–H and O–H groups in total. The normalized spacial score (nSPS) is 12.2. The van der Waals surface area contributed by atoms with Crippen molar-refractivity contribution in [2.75, 3.05) is 6.61 Å². The second kappa shape index (κ2) is 7.25. The van der Waals surface area contributed by atoms with Crippen LogP contribution < -0.4 is 4.74 Å². The van der Waals surface area contributed by atoms with Crippen LogP contribution in [0.5, 0.6) is 5.75 Å². The zero-order chi connectivity index (χ0) is 14.5. The summed E-state index contributed by atoms with van der Waals surface area (Å²) in [6.45, 7) is 2.58. The van der Waals surface area contributed by atoms with Gasteiger partial charge in [0.2, 0.25) is 0 Å². The summed E-state index contributed by atoms with van der Waals surface area (Å²) in [6, 6.07) is 13.7. The van der Waals surface area contributed by atoms with Gasteiger partial charge in [0.25, 0.3) is 0 Å². The summed E-state index contributed by atoms with van der Waals surface area (Å²) in [5.41, 5.74) is 1.97. The van der Waals surface area contributed by atoms with Crippen LogP contribution in [-0.4, -0.2) is 11.7 Å². The number of rotatable bonds is 5. The molecule has 0 aliphatic heterocycles. The summed E-state index contributed by atoms with van der Waals surface area (Å²) in [5.74, 6) is 0.805. The molecule has 2 aromatic carbocycles. The first kappa shape index (κ1) is 15.5. The molecule has 1 unspecified atom stereocenters. The summed E-state index contributed by atoms with van der Waals surface area (Å²) in [7, 11) is 0. The Morgan fingerprint density at radius 3 is 2.40 bits per heavy atom. The van der Waals surface area contributed by atoms with Gasteiger partial charge in [0.1, 0.15) is 5.75 Å². The van der Waals surface area contributed by atoms with Crippen LogP contribution in [0.1, 0.15) is 24.2 Å². The molecule has 2 nitrogen and oxygen atoms in total. The second-order valence-corrected chi connectivity index (χ2v) is 6.23. The van der Waals surface area contributed by atoms with E-state index in [2.05, 4.69) is 31.9 Å². The minimum Gasteiger partial charge on any atom is -0.494 e. The number of aliphatic hydroxyl groups excluding tert-OH is 1. The topological polar surface area (TPSA) is 29.5 Å². The van der Waals surface area contributed by atoms with Crippen molar-refractivity contribution in [3.8, 4) is 5.75 Å². The lowest BCUT2D eigenvalue weighted by Crippen LogP contribution is -2.03. The molecule has 20 heavy (non-hydrogen) atoms. The van der Waals surface area contributed by atoms with Crippen molar-refractivity contribution in [3.63, 3.8) is 0 Å². The molecule has 0 aromatic heterocycles. The molecule has 0 heterocycles. The van der Waals surface area contributed by atoms with Gasteiger partial charge < -0.3 is 9.84 Å². The number of ether oxygens (including phenoxy) is 1. The SMILES string of the molecule is CCOc1ccc(C(O)Cc2ccc(Br)cc2)c(Br)c1. The third-order valence-electron chi connectivity index (χ3n) is 2.98. The third kappa shape index (κ3) is 4.08. The largest absolute Gasteiger partial charge is 0.494 e. The molecule has 0 saturated carbocycles.